The Morgan fingerprint density at radius 1 is 1.37 bits per heavy atom. The van der Waals surface area contributed by atoms with Gasteiger partial charge in [-0.3, -0.25) is 4.79 Å². The standard InChI is InChI=1S/C13H23N5O/c1-5-7-10-16-12(14)9(3)13(17-10)18(6-2)8-11(19)15-4/h5-8H2,1-4H3,(H,15,19)(H2,14,16,17). The van der Waals surface area contributed by atoms with Crippen LogP contribution in [0.2, 0.25) is 0 Å². The Labute approximate surface area is 114 Å². The molecule has 0 aliphatic carbocycles. The van der Waals surface area contributed by atoms with Crippen LogP contribution in [0.25, 0.3) is 0 Å². The Bertz CT molecular complexity index is 447. The van der Waals surface area contributed by atoms with E-state index in [1.165, 1.54) is 0 Å². The molecule has 0 fully saturated rings. The van der Waals surface area contributed by atoms with Crippen molar-refractivity contribution in [2.75, 3.05) is 30.8 Å². The normalized spacial score (nSPS) is 10.3. The van der Waals surface area contributed by atoms with Gasteiger partial charge in [-0.1, -0.05) is 6.92 Å². The summed E-state index contributed by atoms with van der Waals surface area (Å²) in [5.74, 6) is 1.93. The third-order valence-electron chi connectivity index (χ3n) is 2.97. The highest BCUT2D eigenvalue weighted by molar-refractivity contribution is 5.81. The van der Waals surface area contributed by atoms with Crippen molar-refractivity contribution in [3.63, 3.8) is 0 Å². The van der Waals surface area contributed by atoms with E-state index in [0.717, 1.165) is 30.0 Å². The van der Waals surface area contributed by atoms with Gasteiger partial charge in [0.05, 0.1) is 6.54 Å². The van der Waals surface area contributed by atoms with E-state index in [-0.39, 0.29) is 12.5 Å². The zero-order valence-electron chi connectivity index (χ0n) is 12.2. The first kappa shape index (κ1) is 15.2. The smallest absolute Gasteiger partial charge is 0.239 e. The van der Waals surface area contributed by atoms with Gasteiger partial charge in [0.1, 0.15) is 17.5 Å². The summed E-state index contributed by atoms with van der Waals surface area (Å²) in [5.41, 5.74) is 6.75. The van der Waals surface area contributed by atoms with Gasteiger partial charge in [-0.2, -0.15) is 0 Å². The number of aryl methyl sites for hydroxylation is 1. The molecule has 0 saturated heterocycles. The molecule has 3 N–H and O–H groups in total. The maximum absolute atomic E-state index is 11.5. The summed E-state index contributed by atoms with van der Waals surface area (Å²) < 4.78 is 0. The van der Waals surface area contributed by atoms with Crippen LogP contribution in [0, 0.1) is 6.92 Å². The predicted octanol–water partition coefficient (Wildman–Crippen LogP) is 0.892. The number of aromatic nitrogens is 2. The number of amides is 1. The summed E-state index contributed by atoms with van der Waals surface area (Å²) >= 11 is 0. The zero-order valence-corrected chi connectivity index (χ0v) is 12.2. The largest absolute Gasteiger partial charge is 0.383 e. The average Bonchev–Trinajstić information content (AvgIpc) is 2.40. The van der Waals surface area contributed by atoms with Gasteiger partial charge in [0.2, 0.25) is 5.91 Å². The number of nitrogens with zero attached hydrogens (tertiary/aromatic N) is 3. The highest BCUT2D eigenvalue weighted by atomic mass is 16.1. The van der Waals surface area contributed by atoms with E-state index in [0.29, 0.717) is 12.4 Å². The van der Waals surface area contributed by atoms with E-state index in [1.807, 2.05) is 18.7 Å². The maximum atomic E-state index is 11.5. The van der Waals surface area contributed by atoms with E-state index in [4.69, 9.17) is 5.73 Å². The van der Waals surface area contributed by atoms with Crippen LogP contribution in [0.4, 0.5) is 11.6 Å². The number of nitrogen functional groups attached to an aromatic ring is 1. The molecule has 0 saturated carbocycles. The number of hydrogen-bond acceptors (Lipinski definition) is 5. The molecular formula is C13H23N5O. The van der Waals surface area contributed by atoms with Gasteiger partial charge >= 0.3 is 0 Å². The monoisotopic (exact) mass is 265 g/mol. The number of nitrogens with one attached hydrogen (secondary N) is 1. The molecule has 0 unspecified atom stereocenters. The van der Waals surface area contributed by atoms with Crippen molar-refractivity contribution in [1.82, 2.24) is 15.3 Å². The number of carbonyl (C=O) groups is 1. The van der Waals surface area contributed by atoms with Crippen LogP contribution >= 0.6 is 0 Å². The van der Waals surface area contributed by atoms with Crippen LogP contribution in [-0.4, -0.2) is 36.0 Å². The van der Waals surface area contributed by atoms with E-state index >= 15 is 0 Å². The molecule has 0 aliphatic rings. The maximum Gasteiger partial charge on any atom is 0.239 e. The number of likely N-dealkylation sites (N-methyl/N-ethyl adjacent to an activating group) is 2. The summed E-state index contributed by atoms with van der Waals surface area (Å²) in [7, 11) is 1.62. The van der Waals surface area contributed by atoms with Gasteiger partial charge in [-0.05, 0) is 20.3 Å². The molecule has 1 aromatic rings. The first-order valence-corrected chi connectivity index (χ1v) is 6.61. The molecular weight excluding hydrogens is 242 g/mol. The van der Waals surface area contributed by atoms with E-state index < -0.39 is 0 Å². The van der Waals surface area contributed by atoms with Crippen molar-refractivity contribution in [2.45, 2.75) is 33.6 Å². The van der Waals surface area contributed by atoms with Crippen molar-refractivity contribution >= 4 is 17.5 Å². The summed E-state index contributed by atoms with van der Waals surface area (Å²) in [4.78, 5) is 22.3. The summed E-state index contributed by atoms with van der Waals surface area (Å²) in [6, 6.07) is 0. The second-order valence-electron chi connectivity index (χ2n) is 4.41. The number of nitrogens with two attached hydrogens (primary N) is 1. The summed E-state index contributed by atoms with van der Waals surface area (Å²) in [5, 5.41) is 2.62. The number of rotatable bonds is 6. The molecule has 1 rings (SSSR count). The highest BCUT2D eigenvalue weighted by Crippen LogP contribution is 2.21. The molecule has 0 aromatic carbocycles. The van der Waals surface area contributed by atoms with Crippen LogP contribution in [0.3, 0.4) is 0 Å². The Hall–Kier alpha value is -1.85. The van der Waals surface area contributed by atoms with Gasteiger partial charge in [-0.25, -0.2) is 9.97 Å². The topological polar surface area (TPSA) is 84.1 Å². The molecule has 6 nitrogen and oxygen atoms in total. The number of anilines is 2. The highest BCUT2D eigenvalue weighted by Gasteiger charge is 2.16. The van der Waals surface area contributed by atoms with E-state index in [9.17, 15) is 4.79 Å². The first-order chi connectivity index (χ1) is 9.03. The van der Waals surface area contributed by atoms with Crippen molar-refractivity contribution < 1.29 is 4.79 Å². The minimum atomic E-state index is -0.0459. The molecule has 0 radical (unpaired) electrons. The molecule has 0 aliphatic heterocycles. The minimum absolute atomic E-state index is 0.0459. The minimum Gasteiger partial charge on any atom is -0.383 e. The molecule has 0 atom stereocenters. The van der Waals surface area contributed by atoms with Crippen LogP contribution in [0.5, 0.6) is 0 Å². The van der Waals surface area contributed by atoms with E-state index in [1.54, 1.807) is 7.05 Å². The fourth-order valence-corrected chi connectivity index (χ4v) is 1.80. The zero-order chi connectivity index (χ0) is 14.4. The van der Waals surface area contributed by atoms with Crippen molar-refractivity contribution in [3.05, 3.63) is 11.4 Å². The third-order valence-corrected chi connectivity index (χ3v) is 2.97. The van der Waals surface area contributed by atoms with Crippen LogP contribution in [0.1, 0.15) is 31.7 Å². The molecule has 0 spiro atoms. The predicted molar refractivity (Wildman–Crippen MR) is 77.1 cm³/mol. The molecule has 106 valence electrons. The Balaban J connectivity index is 3.10. The lowest BCUT2D eigenvalue weighted by molar-refractivity contribution is -0.119. The van der Waals surface area contributed by atoms with E-state index in [2.05, 4.69) is 22.2 Å². The summed E-state index contributed by atoms with van der Waals surface area (Å²) in [6.45, 7) is 6.90. The van der Waals surface area contributed by atoms with Crippen molar-refractivity contribution in [3.8, 4) is 0 Å². The Morgan fingerprint density at radius 3 is 2.58 bits per heavy atom. The van der Waals surface area contributed by atoms with Crippen LogP contribution in [0.15, 0.2) is 0 Å². The quantitative estimate of drug-likeness (QED) is 0.798. The average molecular weight is 265 g/mol. The number of hydrogen-bond donors (Lipinski definition) is 2. The lowest BCUT2D eigenvalue weighted by Crippen LogP contribution is -2.36. The Morgan fingerprint density at radius 2 is 2.05 bits per heavy atom. The fraction of sp³-hybridized carbons (Fsp3) is 0.615. The van der Waals surface area contributed by atoms with Crippen LogP contribution < -0.4 is 16.0 Å². The fourth-order valence-electron chi connectivity index (χ4n) is 1.80. The molecule has 1 heterocycles. The second-order valence-corrected chi connectivity index (χ2v) is 4.41. The van der Waals surface area contributed by atoms with Gasteiger partial charge in [0, 0.05) is 25.6 Å². The SMILES string of the molecule is CCCc1nc(N)c(C)c(N(CC)CC(=O)NC)n1. The molecule has 19 heavy (non-hydrogen) atoms. The molecule has 1 amide bonds. The lowest BCUT2D eigenvalue weighted by Gasteiger charge is -2.23. The molecule has 1 aromatic heterocycles. The summed E-state index contributed by atoms with van der Waals surface area (Å²) in [6.07, 6.45) is 1.75. The van der Waals surface area contributed by atoms with Gasteiger partial charge < -0.3 is 16.0 Å². The first-order valence-electron chi connectivity index (χ1n) is 6.61. The lowest BCUT2D eigenvalue weighted by atomic mass is 10.2. The van der Waals surface area contributed by atoms with Crippen molar-refractivity contribution in [1.29, 1.82) is 0 Å². The second kappa shape index (κ2) is 6.92. The number of carbonyl (C=O) groups excluding carboxylic acids is 1. The van der Waals surface area contributed by atoms with Crippen molar-refractivity contribution in [2.24, 2.45) is 0 Å². The van der Waals surface area contributed by atoms with Crippen LogP contribution in [-0.2, 0) is 11.2 Å². The molecule has 0 bridgehead atoms. The van der Waals surface area contributed by atoms with Gasteiger partial charge in [0.25, 0.3) is 0 Å². The Kier molecular flexibility index (Phi) is 5.54. The van der Waals surface area contributed by atoms with Gasteiger partial charge in [-0.15, -0.1) is 0 Å². The van der Waals surface area contributed by atoms with Gasteiger partial charge in [0.15, 0.2) is 0 Å². The third kappa shape index (κ3) is 3.81. The molecule has 6 heteroatoms.